The summed E-state index contributed by atoms with van der Waals surface area (Å²) in [5.74, 6) is 1.54. The maximum atomic E-state index is 13.1. The van der Waals surface area contributed by atoms with Crippen LogP contribution in [-0.2, 0) is 16.1 Å². The van der Waals surface area contributed by atoms with E-state index >= 15 is 0 Å². The molecule has 0 bridgehead atoms. The third-order valence-corrected chi connectivity index (χ3v) is 9.59. The lowest BCUT2D eigenvalue weighted by Gasteiger charge is -2.60. The Morgan fingerprint density at radius 1 is 1.05 bits per heavy atom. The number of anilines is 1. The lowest BCUT2D eigenvalue weighted by Crippen LogP contribution is -2.61. The maximum Gasteiger partial charge on any atom is 0.411 e. The number of amides is 2. The lowest BCUT2D eigenvalue weighted by molar-refractivity contribution is -0.185. The number of hydrogen-bond acceptors (Lipinski definition) is 8. The van der Waals surface area contributed by atoms with Crippen LogP contribution >= 0.6 is 0 Å². The molecule has 2 saturated carbocycles. The minimum absolute atomic E-state index is 0.0532. The molecule has 0 spiro atoms. The third-order valence-electron chi connectivity index (χ3n) is 9.59. The lowest BCUT2D eigenvalue weighted by atomic mass is 9.46. The summed E-state index contributed by atoms with van der Waals surface area (Å²) in [7, 11) is 1.58. The van der Waals surface area contributed by atoms with Crippen LogP contribution < -0.4 is 24.8 Å². The molecule has 0 unspecified atom stereocenters. The summed E-state index contributed by atoms with van der Waals surface area (Å²) in [4.78, 5) is 26.0. The highest BCUT2D eigenvalue weighted by Crippen LogP contribution is 2.61. The van der Waals surface area contributed by atoms with Gasteiger partial charge in [0.05, 0.1) is 19.8 Å². The van der Waals surface area contributed by atoms with Crippen LogP contribution in [0.4, 0.5) is 10.5 Å². The molecule has 10 heteroatoms. The number of fused-ring (bicyclic) bond motifs is 2. The number of nitrogens with one attached hydrogen (secondary N) is 2. The number of rotatable bonds is 8. The smallest absolute Gasteiger partial charge is 0.411 e. The van der Waals surface area contributed by atoms with Gasteiger partial charge in [0.1, 0.15) is 11.9 Å². The molecular formula is C31H40N2O8. The molecule has 1 heterocycles. The van der Waals surface area contributed by atoms with Crippen molar-refractivity contribution in [1.82, 2.24) is 5.32 Å². The Balaban J connectivity index is 1.24. The van der Waals surface area contributed by atoms with E-state index in [4.69, 9.17) is 18.9 Å². The fraction of sp³-hybridized carbons (Fsp3) is 0.548. The highest BCUT2D eigenvalue weighted by molar-refractivity contribution is 5.84. The molecule has 6 atom stereocenters. The summed E-state index contributed by atoms with van der Waals surface area (Å²) in [5, 5.41) is 27.5. The van der Waals surface area contributed by atoms with Crippen molar-refractivity contribution in [2.45, 2.75) is 64.7 Å². The van der Waals surface area contributed by atoms with E-state index in [2.05, 4.69) is 17.6 Å². The van der Waals surface area contributed by atoms with E-state index in [-0.39, 0.29) is 37.6 Å². The van der Waals surface area contributed by atoms with Gasteiger partial charge in [0.2, 0.25) is 12.7 Å². The van der Waals surface area contributed by atoms with Crippen molar-refractivity contribution in [2.75, 3.05) is 25.8 Å². The van der Waals surface area contributed by atoms with Crippen molar-refractivity contribution in [3.63, 3.8) is 0 Å². The summed E-state index contributed by atoms with van der Waals surface area (Å²) in [6.45, 7) is 4.42. The summed E-state index contributed by atoms with van der Waals surface area (Å²) < 4.78 is 21.9. The van der Waals surface area contributed by atoms with Crippen LogP contribution in [0, 0.1) is 22.7 Å². The molecule has 2 fully saturated rings. The molecule has 2 aliphatic carbocycles. The van der Waals surface area contributed by atoms with E-state index in [1.54, 1.807) is 31.4 Å². The van der Waals surface area contributed by atoms with E-state index in [1.807, 2.05) is 25.1 Å². The average Bonchev–Trinajstić information content (AvgIpc) is 3.44. The first-order chi connectivity index (χ1) is 19.7. The SMILES string of the molecule is COc1ccc(NC(=O)O[C@@H]2CC[C@]3(C)[C@H](CC[C@@H](O)[C@H]3CC(=O)NCc3ccc4c(c3)OCO4)[C@]2(C)CO)cc1. The van der Waals surface area contributed by atoms with Crippen LogP contribution in [0.2, 0.25) is 0 Å². The van der Waals surface area contributed by atoms with E-state index in [1.165, 1.54) is 0 Å². The van der Waals surface area contributed by atoms with Gasteiger partial charge in [-0.25, -0.2) is 4.79 Å². The van der Waals surface area contributed by atoms with Crippen molar-refractivity contribution < 1.29 is 38.7 Å². The highest BCUT2D eigenvalue weighted by atomic mass is 16.7. The number of ether oxygens (including phenoxy) is 4. The fourth-order valence-electron chi connectivity index (χ4n) is 7.25. The van der Waals surface area contributed by atoms with Gasteiger partial charge in [0.25, 0.3) is 0 Å². The van der Waals surface area contributed by atoms with Crippen molar-refractivity contribution in [3.05, 3.63) is 48.0 Å². The number of hydrogen-bond donors (Lipinski definition) is 4. The van der Waals surface area contributed by atoms with E-state index in [0.717, 1.165) is 5.56 Å². The first-order valence-electron chi connectivity index (χ1n) is 14.2. The summed E-state index contributed by atoms with van der Waals surface area (Å²) in [6, 6.07) is 12.5. The van der Waals surface area contributed by atoms with Crippen molar-refractivity contribution >= 4 is 17.7 Å². The second-order valence-corrected chi connectivity index (χ2v) is 11.9. The monoisotopic (exact) mass is 568 g/mol. The average molecular weight is 569 g/mol. The summed E-state index contributed by atoms with van der Waals surface area (Å²) in [6.07, 6.45) is 0.797. The van der Waals surface area contributed by atoms with Crippen LogP contribution in [0.25, 0.3) is 0 Å². The largest absolute Gasteiger partial charge is 0.497 e. The first kappa shape index (κ1) is 29.0. The second-order valence-electron chi connectivity index (χ2n) is 11.9. The van der Waals surface area contributed by atoms with Gasteiger partial charge in [-0.05, 0) is 84.9 Å². The van der Waals surface area contributed by atoms with E-state index in [0.29, 0.717) is 55.2 Å². The van der Waals surface area contributed by atoms with Gasteiger partial charge >= 0.3 is 6.09 Å². The van der Waals surface area contributed by atoms with Gasteiger partial charge in [-0.1, -0.05) is 19.9 Å². The minimum Gasteiger partial charge on any atom is -0.497 e. The fourth-order valence-corrected chi connectivity index (χ4v) is 7.25. The number of carbonyl (C=O) groups excluding carboxylic acids is 2. The van der Waals surface area contributed by atoms with Crippen LogP contribution in [0.5, 0.6) is 17.2 Å². The van der Waals surface area contributed by atoms with Crippen molar-refractivity contribution in [3.8, 4) is 17.2 Å². The van der Waals surface area contributed by atoms with E-state index in [9.17, 15) is 19.8 Å². The van der Waals surface area contributed by atoms with Gasteiger partial charge < -0.3 is 34.5 Å². The molecule has 1 aliphatic heterocycles. The summed E-state index contributed by atoms with van der Waals surface area (Å²) in [5.41, 5.74) is 0.326. The Bertz CT molecular complexity index is 1250. The van der Waals surface area contributed by atoms with Crippen LogP contribution in [0.1, 0.15) is 51.5 Å². The third kappa shape index (κ3) is 5.81. The van der Waals surface area contributed by atoms with E-state index < -0.39 is 29.1 Å². The number of aliphatic hydroxyl groups excluding tert-OH is 2. The molecule has 0 aromatic heterocycles. The van der Waals surface area contributed by atoms with Gasteiger partial charge in [0, 0.05) is 24.1 Å². The molecular weight excluding hydrogens is 528 g/mol. The van der Waals surface area contributed by atoms with Gasteiger partial charge in [-0.3, -0.25) is 10.1 Å². The standard InChI is InChI=1S/C31H40N2O8/c1-30-13-12-27(41-29(37)33-20-5-7-21(38-3)8-6-20)31(2,17-34)26(30)11-9-23(35)22(30)15-28(36)32-16-19-4-10-24-25(14-19)40-18-39-24/h4-8,10,14,22-23,26-27,34-35H,9,11-13,15-18H2,1-3H3,(H,32,36)(H,33,37)/t22-,23-,26+,27-,30+,31+/m1/s1. The highest BCUT2D eigenvalue weighted by Gasteiger charge is 2.60. The second kappa shape index (κ2) is 11.8. The Labute approximate surface area is 240 Å². The predicted molar refractivity (Wildman–Crippen MR) is 151 cm³/mol. The Hall–Kier alpha value is -3.50. The van der Waals surface area contributed by atoms with Crippen LogP contribution in [0.15, 0.2) is 42.5 Å². The van der Waals surface area contributed by atoms with Gasteiger partial charge in [-0.2, -0.15) is 0 Å². The van der Waals surface area contributed by atoms with Crippen LogP contribution in [-0.4, -0.2) is 54.9 Å². The summed E-state index contributed by atoms with van der Waals surface area (Å²) >= 11 is 0. The van der Waals surface area contributed by atoms with Gasteiger partial charge in [0.15, 0.2) is 11.5 Å². The molecule has 2 amide bonds. The van der Waals surface area contributed by atoms with Crippen LogP contribution in [0.3, 0.4) is 0 Å². The van der Waals surface area contributed by atoms with Crippen molar-refractivity contribution in [1.29, 1.82) is 0 Å². The zero-order chi connectivity index (χ0) is 29.2. The number of benzene rings is 2. The molecule has 2 aromatic carbocycles. The molecule has 4 N–H and O–H groups in total. The van der Waals surface area contributed by atoms with Gasteiger partial charge in [-0.15, -0.1) is 0 Å². The van der Waals surface area contributed by atoms with Crippen molar-refractivity contribution in [2.24, 2.45) is 22.7 Å². The Morgan fingerprint density at radius 2 is 1.80 bits per heavy atom. The molecule has 10 nitrogen and oxygen atoms in total. The quantitative estimate of drug-likeness (QED) is 0.372. The topological polar surface area (TPSA) is 136 Å². The number of aliphatic hydroxyl groups is 2. The molecule has 0 saturated heterocycles. The first-order valence-corrected chi connectivity index (χ1v) is 14.2. The molecule has 5 rings (SSSR count). The Morgan fingerprint density at radius 3 is 2.54 bits per heavy atom. The predicted octanol–water partition coefficient (Wildman–Crippen LogP) is 4.23. The maximum absolute atomic E-state index is 13.1. The Kier molecular flexibility index (Phi) is 8.33. The number of carbonyl (C=O) groups is 2. The normalized spacial score (nSPS) is 30.2. The molecule has 2 aromatic rings. The molecule has 3 aliphatic rings. The zero-order valence-electron chi connectivity index (χ0n) is 23.9. The molecule has 222 valence electrons. The molecule has 0 radical (unpaired) electrons. The zero-order valence-corrected chi connectivity index (χ0v) is 23.9. The molecule has 41 heavy (non-hydrogen) atoms. The minimum atomic E-state index is -0.731. The number of methoxy groups -OCH3 is 1.